The van der Waals surface area contributed by atoms with Crippen LogP contribution >= 0.6 is 11.6 Å². The molecular weight excluding hydrogens is 272 g/mol. The third-order valence-corrected chi connectivity index (χ3v) is 2.51. The lowest BCUT2D eigenvalue weighted by atomic mass is 10.2. The lowest BCUT2D eigenvalue weighted by Gasteiger charge is -2.13. The Morgan fingerprint density at radius 1 is 1.26 bits per heavy atom. The molecule has 19 heavy (non-hydrogen) atoms. The van der Waals surface area contributed by atoms with Crippen molar-refractivity contribution in [3.63, 3.8) is 0 Å². The first-order valence-corrected chi connectivity index (χ1v) is 5.84. The predicted molar refractivity (Wildman–Crippen MR) is 69.0 cm³/mol. The maximum absolute atomic E-state index is 11.8. The van der Waals surface area contributed by atoms with Gasteiger partial charge in [0.05, 0.1) is 0 Å². The van der Waals surface area contributed by atoms with Crippen molar-refractivity contribution in [1.29, 1.82) is 0 Å². The van der Waals surface area contributed by atoms with Crippen molar-refractivity contribution in [3.8, 4) is 0 Å². The van der Waals surface area contributed by atoms with Crippen molar-refractivity contribution < 1.29 is 19.5 Å². The topological polar surface area (TPSA) is 95.5 Å². The van der Waals surface area contributed by atoms with E-state index >= 15 is 0 Å². The number of rotatable bonds is 5. The minimum Gasteiger partial charge on any atom is -0.480 e. The maximum atomic E-state index is 11.8. The van der Waals surface area contributed by atoms with Crippen LogP contribution in [-0.4, -0.2) is 35.5 Å². The third kappa shape index (κ3) is 4.97. The first-order chi connectivity index (χ1) is 8.90. The van der Waals surface area contributed by atoms with Gasteiger partial charge in [-0.3, -0.25) is 14.4 Å². The van der Waals surface area contributed by atoms with E-state index in [0.717, 1.165) is 0 Å². The molecule has 0 saturated heterocycles. The average Bonchev–Trinajstić information content (AvgIpc) is 2.36. The van der Waals surface area contributed by atoms with Crippen molar-refractivity contribution in [2.24, 2.45) is 0 Å². The highest BCUT2D eigenvalue weighted by atomic mass is 35.5. The smallest absolute Gasteiger partial charge is 0.322 e. The minimum absolute atomic E-state index is 0.363. The summed E-state index contributed by atoms with van der Waals surface area (Å²) in [6, 6.07) is 5.35. The standard InChI is InChI=1S/C12H13ClN2O4/c1-7(11(18)14-6-10(16)17)15-12(19)8-2-4-9(13)5-3-8/h2-5,7H,6H2,1H3,(H,14,18)(H,15,19)(H,16,17). The highest BCUT2D eigenvalue weighted by Crippen LogP contribution is 2.09. The highest BCUT2D eigenvalue weighted by Gasteiger charge is 2.16. The second-order valence-electron chi connectivity index (χ2n) is 3.81. The summed E-state index contributed by atoms with van der Waals surface area (Å²) in [5.41, 5.74) is 0.363. The number of hydrogen-bond donors (Lipinski definition) is 3. The molecule has 1 aromatic carbocycles. The van der Waals surface area contributed by atoms with Gasteiger partial charge in [0.25, 0.3) is 5.91 Å². The van der Waals surface area contributed by atoms with Gasteiger partial charge in [-0.1, -0.05) is 11.6 Å². The molecule has 0 aliphatic heterocycles. The van der Waals surface area contributed by atoms with E-state index < -0.39 is 30.4 Å². The summed E-state index contributed by atoms with van der Waals surface area (Å²) in [5.74, 6) is -2.15. The van der Waals surface area contributed by atoms with Crippen LogP contribution in [-0.2, 0) is 9.59 Å². The number of benzene rings is 1. The number of carboxylic acids is 1. The van der Waals surface area contributed by atoms with Gasteiger partial charge in [0.2, 0.25) is 5.91 Å². The molecule has 0 radical (unpaired) electrons. The van der Waals surface area contributed by atoms with Gasteiger partial charge in [-0.2, -0.15) is 0 Å². The Hall–Kier alpha value is -2.08. The van der Waals surface area contributed by atoms with E-state index in [9.17, 15) is 14.4 Å². The Morgan fingerprint density at radius 2 is 1.84 bits per heavy atom. The normalized spacial score (nSPS) is 11.5. The number of carbonyl (C=O) groups excluding carboxylic acids is 2. The maximum Gasteiger partial charge on any atom is 0.322 e. The molecule has 1 unspecified atom stereocenters. The molecule has 3 N–H and O–H groups in total. The van der Waals surface area contributed by atoms with Gasteiger partial charge in [-0.25, -0.2) is 0 Å². The number of halogens is 1. The minimum atomic E-state index is -1.15. The van der Waals surface area contributed by atoms with Crippen LogP contribution in [0.1, 0.15) is 17.3 Å². The molecule has 102 valence electrons. The fourth-order valence-electron chi connectivity index (χ4n) is 1.26. The van der Waals surface area contributed by atoms with Crippen LogP contribution in [0.5, 0.6) is 0 Å². The molecule has 1 rings (SSSR count). The molecule has 0 fully saturated rings. The van der Waals surface area contributed by atoms with Crippen molar-refractivity contribution in [1.82, 2.24) is 10.6 Å². The summed E-state index contributed by atoms with van der Waals surface area (Å²) in [4.78, 5) is 33.5. The molecule has 0 saturated carbocycles. The Balaban J connectivity index is 2.54. The summed E-state index contributed by atoms with van der Waals surface area (Å²) in [7, 11) is 0. The Kier molecular flexibility index (Phi) is 5.32. The van der Waals surface area contributed by atoms with Crippen LogP contribution < -0.4 is 10.6 Å². The second kappa shape index (κ2) is 6.75. The molecule has 0 spiro atoms. The summed E-state index contributed by atoms with van der Waals surface area (Å²) in [5, 5.41) is 13.5. The molecular formula is C12H13ClN2O4. The molecule has 7 heteroatoms. The van der Waals surface area contributed by atoms with Gasteiger partial charge in [0, 0.05) is 10.6 Å². The Morgan fingerprint density at radius 3 is 2.37 bits per heavy atom. The quantitative estimate of drug-likeness (QED) is 0.740. The number of aliphatic carboxylic acids is 1. The van der Waals surface area contributed by atoms with Gasteiger partial charge in [0.1, 0.15) is 12.6 Å². The number of amides is 2. The Bertz CT molecular complexity index is 487. The molecule has 0 aromatic heterocycles. The molecule has 2 amide bonds. The number of carboxylic acid groups (broad SMARTS) is 1. The fourth-order valence-corrected chi connectivity index (χ4v) is 1.39. The van der Waals surface area contributed by atoms with E-state index in [1.165, 1.54) is 19.1 Å². The van der Waals surface area contributed by atoms with E-state index in [1.54, 1.807) is 12.1 Å². The molecule has 6 nitrogen and oxygen atoms in total. The predicted octanol–water partition coefficient (Wildman–Crippen LogP) is 0.659. The third-order valence-electron chi connectivity index (χ3n) is 2.26. The van der Waals surface area contributed by atoms with Gasteiger partial charge in [-0.15, -0.1) is 0 Å². The highest BCUT2D eigenvalue weighted by molar-refractivity contribution is 6.30. The van der Waals surface area contributed by atoms with E-state index in [4.69, 9.17) is 16.7 Å². The lowest BCUT2D eigenvalue weighted by molar-refractivity contribution is -0.138. The van der Waals surface area contributed by atoms with Gasteiger partial charge >= 0.3 is 5.97 Å². The monoisotopic (exact) mass is 284 g/mol. The SMILES string of the molecule is CC(NC(=O)c1ccc(Cl)cc1)C(=O)NCC(=O)O. The van der Waals surface area contributed by atoms with Gasteiger partial charge in [0.15, 0.2) is 0 Å². The molecule has 1 atom stereocenters. The lowest BCUT2D eigenvalue weighted by Crippen LogP contribution is -2.46. The van der Waals surface area contributed by atoms with Crippen LogP contribution in [0.3, 0.4) is 0 Å². The van der Waals surface area contributed by atoms with Crippen LogP contribution in [0.2, 0.25) is 5.02 Å². The van der Waals surface area contributed by atoms with Crippen molar-refractivity contribution in [2.75, 3.05) is 6.54 Å². The molecule has 0 bridgehead atoms. The average molecular weight is 285 g/mol. The van der Waals surface area contributed by atoms with Crippen LogP contribution in [0.15, 0.2) is 24.3 Å². The summed E-state index contributed by atoms with van der Waals surface area (Å²) >= 11 is 5.69. The van der Waals surface area contributed by atoms with Gasteiger partial charge < -0.3 is 15.7 Å². The van der Waals surface area contributed by atoms with Crippen molar-refractivity contribution >= 4 is 29.4 Å². The first-order valence-electron chi connectivity index (χ1n) is 5.46. The van der Waals surface area contributed by atoms with Crippen LogP contribution in [0.4, 0.5) is 0 Å². The zero-order chi connectivity index (χ0) is 14.4. The molecule has 0 aliphatic carbocycles. The number of nitrogens with one attached hydrogen (secondary N) is 2. The van der Waals surface area contributed by atoms with E-state index in [0.29, 0.717) is 10.6 Å². The zero-order valence-electron chi connectivity index (χ0n) is 10.1. The largest absolute Gasteiger partial charge is 0.480 e. The summed E-state index contributed by atoms with van der Waals surface area (Å²) in [6.45, 7) is 0.977. The van der Waals surface area contributed by atoms with Crippen molar-refractivity contribution in [2.45, 2.75) is 13.0 Å². The number of carbonyl (C=O) groups is 3. The van der Waals surface area contributed by atoms with Crippen LogP contribution in [0, 0.1) is 0 Å². The van der Waals surface area contributed by atoms with Crippen molar-refractivity contribution in [3.05, 3.63) is 34.9 Å². The van der Waals surface area contributed by atoms with E-state index in [2.05, 4.69) is 10.6 Å². The number of hydrogen-bond acceptors (Lipinski definition) is 3. The summed E-state index contributed by atoms with van der Waals surface area (Å²) < 4.78 is 0. The molecule has 0 heterocycles. The Labute approximate surface area is 114 Å². The fraction of sp³-hybridized carbons (Fsp3) is 0.250. The molecule has 0 aliphatic rings. The van der Waals surface area contributed by atoms with Crippen LogP contribution in [0.25, 0.3) is 0 Å². The zero-order valence-corrected chi connectivity index (χ0v) is 10.9. The summed E-state index contributed by atoms with van der Waals surface area (Å²) in [6.07, 6.45) is 0. The second-order valence-corrected chi connectivity index (χ2v) is 4.25. The van der Waals surface area contributed by atoms with Gasteiger partial charge in [-0.05, 0) is 31.2 Å². The van der Waals surface area contributed by atoms with E-state index in [-0.39, 0.29) is 0 Å². The first kappa shape index (κ1) is 15.0. The molecule has 1 aromatic rings. The van der Waals surface area contributed by atoms with E-state index in [1.807, 2.05) is 0 Å².